The van der Waals surface area contributed by atoms with Crippen molar-refractivity contribution in [3.05, 3.63) is 23.7 Å². The van der Waals surface area contributed by atoms with Crippen LogP contribution in [-0.2, 0) is 22.3 Å². The molecule has 2 aliphatic rings. The van der Waals surface area contributed by atoms with Gasteiger partial charge >= 0.3 is 12.1 Å². The van der Waals surface area contributed by atoms with Gasteiger partial charge in [-0.15, -0.1) is 0 Å². The number of rotatable bonds is 5. The summed E-state index contributed by atoms with van der Waals surface area (Å²) in [5.41, 5.74) is -0.543. The maximum Gasteiger partial charge on any atom is 0.449 e. The van der Waals surface area contributed by atoms with Crippen LogP contribution in [0.15, 0.2) is 16.5 Å². The minimum Gasteiger partial charge on any atom is -0.466 e. The topological polar surface area (TPSA) is 42.7 Å². The predicted octanol–water partition coefficient (Wildman–Crippen LogP) is 3.99. The number of nitrogens with zero attached hydrogens (tertiary/aromatic N) is 1. The maximum atomic E-state index is 12.7. The van der Waals surface area contributed by atoms with Gasteiger partial charge in [-0.1, -0.05) is 6.92 Å². The van der Waals surface area contributed by atoms with Crippen LogP contribution in [0.25, 0.3) is 0 Å². The van der Waals surface area contributed by atoms with Gasteiger partial charge in [0.2, 0.25) is 5.76 Å². The van der Waals surface area contributed by atoms with E-state index in [1.165, 1.54) is 6.07 Å². The summed E-state index contributed by atoms with van der Waals surface area (Å²) < 4.78 is 48.3. The molecule has 24 heavy (non-hydrogen) atoms. The number of halogens is 3. The van der Waals surface area contributed by atoms with Crippen molar-refractivity contribution in [3.8, 4) is 0 Å². The first-order valence-electron chi connectivity index (χ1n) is 8.40. The van der Waals surface area contributed by atoms with Crippen LogP contribution in [0, 0.1) is 5.41 Å². The quantitative estimate of drug-likeness (QED) is 0.757. The minimum atomic E-state index is -4.47. The van der Waals surface area contributed by atoms with Crippen molar-refractivity contribution in [1.82, 2.24) is 4.90 Å². The number of carbonyl (C=O) groups excluding carboxylic acids is 1. The number of fused-ring (bicyclic) bond motifs is 2. The van der Waals surface area contributed by atoms with Crippen molar-refractivity contribution in [2.45, 2.75) is 64.3 Å². The van der Waals surface area contributed by atoms with Gasteiger partial charge in [-0.3, -0.25) is 9.69 Å². The van der Waals surface area contributed by atoms with Gasteiger partial charge < -0.3 is 9.15 Å². The van der Waals surface area contributed by atoms with Gasteiger partial charge in [0.25, 0.3) is 0 Å². The van der Waals surface area contributed by atoms with Crippen LogP contribution in [0.2, 0.25) is 0 Å². The Morgan fingerprint density at radius 3 is 2.71 bits per heavy atom. The van der Waals surface area contributed by atoms with Gasteiger partial charge in [-0.2, -0.15) is 13.2 Å². The van der Waals surface area contributed by atoms with Crippen LogP contribution in [0.1, 0.15) is 51.1 Å². The van der Waals surface area contributed by atoms with Crippen LogP contribution in [0.5, 0.6) is 0 Å². The minimum absolute atomic E-state index is 0.00554. The highest BCUT2D eigenvalue weighted by Crippen LogP contribution is 2.53. The third-order valence-corrected chi connectivity index (χ3v) is 5.47. The molecule has 3 heterocycles. The van der Waals surface area contributed by atoms with Gasteiger partial charge in [-0.25, -0.2) is 0 Å². The molecular weight excluding hydrogens is 323 g/mol. The first-order chi connectivity index (χ1) is 11.3. The average Bonchev–Trinajstić information content (AvgIpc) is 3.22. The van der Waals surface area contributed by atoms with Crippen molar-refractivity contribution < 1.29 is 27.1 Å². The predicted molar refractivity (Wildman–Crippen MR) is 80.0 cm³/mol. The van der Waals surface area contributed by atoms with Gasteiger partial charge in [0.05, 0.1) is 18.6 Å². The lowest BCUT2D eigenvalue weighted by Gasteiger charge is -2.34. The first kappa shape index (κ1) is 17.3. The molecule has 0 aliphatic carbocycles. The Morgan fingerprint density at radius 1 is 1.38 bits per heavy atom. The van der Waals surface area contributed by atoms with E-state index in [2.05, 4.69) is 4.90 Å². The molecule has 0 saturated carbocycles. The van der Waals surface area contributed by atoms with Gasteiger partial charge in [0, 0.05) is 12.1 Å². The van der Waals surface area contributed by atoms with Crippen LogP contribution in [-0.4, -0.2) is 29.6 Å². The normalized spacial score (nSPS) is 30.0. The molecule has 1 aromatic heterocycles. The lowest BCUT2D eigenvalue weighted by Crippen LogP contribution is -2.43. The fraction of sp³-hybridized carbons (Fsp3) is 0.706. The second-order valence-electron chi connectivity index (χ2n) is 6.62. The van der Waals surface area contributed by atoms with E-state index in [-0.39, 0.29) is 23.8 Å². The Morgan fingerprint density at radius 2 is 2.12 bits per heavy atom. The third kappa shape index (κ3) is 2.72. The zero-order valence-electron chi connectivity index (χ0n) is 13.9. The molecule has 134 valence electrons. The summed E-state index contributed by atoms with van der Waals surface area (Å²) in [4.78, 5) is 14.6. The molecule has 2 fully saturated rings. The molecule has 7 heteroatoms. The number of ether oxygens (including phenoxy) is 1. The van der Waals surface area contributed by atoms with E-state index in [1.807, 2.05) is 6.92 Å². The first-order valence-corrected chi connectivity index (χ1v) is 8.40. The van der Waals surface area contributed by atoms with Crippen LogP contribution in [0.3, 0.4) is 0 Å². The van der Waals surface area contributed by atoms with E-state index in [9.17, 15) is 18.0 Å². The number of carbonyl (C=O) groups is 1. The lowest BCUT2D eigenvalue weighted by molar-refractivity contribution is -0.157. The average molecular weight is 345 g/mol. The lowest BCUT2D eigenvalue weighted by atomic mass is 9.72. The van der Waals surface area contributed by atoms with Gasteiger partial charge in [0.15, 0.2) is 0 Å². The van der Waals surface area contributed by atoms with Crippen molar-refractivity contribution in [1.29, 1.82) is 0 Å². The molecule has 0 aromatic carbocycles. The summed E-state index contributed by atoms with van der Waals surface area (Å²) in [6.45, 7) is 4.40. The van der Waals surface area contributed by atoms with Crippen LogP contribution >= 0.6 is 0 Å². The van der Waals surface area contributed by atoms with E-state index in [4.69, 9.17) is 9.15 Å². The number of furan rings is 1. The number of esters is 1. The Bertz CT molecular complexity index is 612. The van der Waals surface area contributed by atoms with E-state index >= 15 is 0 Å². The molecule has 1 aromatic rings. The van der Waals surface area contributed by atoms with Crippen molar-refractivity contribution in [3.63, 3.8) is 0 Å². The van der Waals surface area contributed by atoms with Crippen molar-refractivity contribution in [2.24, 2.45) is 5.41 Å². The molecule has 2 aliphatic heterocycles. The summed E-state index contributed by atoms with van der Waals surface area (Å²) in [7, 11) is 0. The van der Waals surface area contributed by atoms with E-state index in [0.29, 0.717) is 26.0 Å². The molecule has 2 saturated heterocycles. The molecule has 2 bridgehead atoms. The molecule has 4 nitrogen and oxygen atoms in total. The summed E-state index contributed by atoms with van der Waals surface area (Å²) in [6.07, 6.45) is -1.27. The summed E-state index contributed by atoms with van der Waals surface area (Å²) in [5, 5.41) is 0. The molecule has 0 unspecified atom stereocenters. The van der Waals surface area contributed by atoms with Crippen molar-refractivity contribution in [2.75, 3.05) is 6.61 Å². The summed E-state index contributed by atoms with van der Waals surface area (Å²) >= 11 is 0. The van der Waals surface area contributed by atoms with E-state index < -0.39 is 17.4 Å². The molecule has 0 N–H and O–H groups in total. The standard InChI is InChI=1S/C17H22F3NO3/c1-3-16(15(22)23-4-2)9-11-5-7-13(16)21(11)10-12-6-8-14(24-12)17(18,19)20/h6,8,11,13H,3-5,7,9-10H2,1-2H3/t11-,13+,16+/m1/s1. The molecule has 0 spiro atoms. The second kappa shape index (κ2) is 6.10. The van der Waals surface area contributed by atoms with Gasteiger partial charge in [0.1, 0.15) is 5.76 Å². The summed E-state index contributed by atoms with van der Waals surface area (Å²) in [6, 6.07) is 2.54. The van der Waals surface area contributed by atoms with E-state index in [0.717, 1.165) is 18.9 Å². The monoisotopic (exact) mass is 345 g/mol. The number of alkyl halides is 3. The zero-order valence-corrected chi connectivity index (χ0v) is 13.9. The Hall–Kier alpha value is -1.50. The number of hydrogen-bond donors (Lipinski definition) is 0. The Labute approximate surface area is 138 Å². The molecule has 3 rings (SSSR count). The Balaban J connectivity index is 1.78. The SMILES string of the molecule is CCOC(=O)[C@@]1(CC)C[C@H]2CC[C@@H]1N2Cc1ccc(C(F)(F)F)o1. The fourth-order valence-corrected chi connectivity index (χ4v) is 4.36. The largest absolute Gasteiger partial charge is 0.466 e. The fourth-order valence-electron chi connectivity index (χ4n) is 4.36. The summed E-state index contributed by atoms with van der Waals surface area (Å²) in [5.74, 6) is -0.869. The highest BCUT2D eigenvalue weighted by Gasteiger charge is 2.59. The van der Waals surface area contributed by atoms with Gasteiger partial charge in [-0.05, 0) is 44.7 Å². The molecule has 0 amide bonds. The highest BCUT2D eigenvalue weighted by atomic mass is 19.4. The molecular formula is C17H22F3NO3. The van der Waals surface area contributed by atoms with Crippen molar-refractivity contribution >= 4 is 5.97 Å². The molecule has 0 radical (unpaired) electrons. The maximum absolute atomic E-state index is 12.7. The van der Waals surface area contributed by atoms with E-state index in [1.54, 1.807) is 6.92 Å². The third-order valence-electron chi connectivity index (χ3n) is 5.47. The smallest absolute Gasteiger partial charge is 0.449 e. The highest BCUT2D eigenvalue weighted by molar-refractivity contribution is 5.78. The Kier molecular flexibility index (Phi) is 4.40. The van der Waals surface area contributed by atoms with Crippen LogP contribution < -0.4 is 0 Å². The zero-order chi connectivity index (χ0) is 17.5. The molecule has 3 atom stereocenters. The second-order valence-corrected chi connectivity index (χ2v) is 6.62. The van der Waals surface area contributed by atoms with Crippen LogP contribution in [0.4, 0.5) is 13.2 Å². The number of hydrogen-bond acceptors (Lipinski definition) is 4.